The van der Waals surface area contributed by atoms with Crippen molar-refractivity contribution in [3.05, 3.63) is 41.7 Å². The van der Waals surface area contributed by atoms with Crippen molar-refractivity contribution in [3.8, 4) is 0 Å². The number of rotatable bonds is 4. The maximum absolute atomic E-state index is 5.85. The van der Waals surface area contributed by atoms with Crippen LogP contribution in [0.4, 0.5) is 0 Å². The minimum Gasteiger partial charge on any atom is -0.311 e. The van der Waals surface area contributed by atoms with Gasteiger partial charge in [-0.3, -0.25) is 4.98 Å². The molecule has 0 saturated carbocycles. The van der Waals surface area contributed by atoms with E-state index in [4.69, 9.17) is 11.6 Å². The van der Waals surface area contributed by atoms with Crippen molar-refractivity contribution in [2.75, 3.05) is 7.05 Å². The summed E-state index contributed by atoms with van der Waals surface area (Å²) in [4.78, 5) is 4.23. The Morgan fingerprint density at radius 3 is 3.08 bits per heavy atom. The Labute approximate surface area is 83.6 Å². The summed E-state index contributed by atoms with van der Waals surface area (Å²) in [6.07, 6.45) is 4.43. The Bertz CT molecular complexity index is 286. The lowest BCUT2D eigenvalue weighted by Gasteiger charge is -2.12. The molecule has 1 N–H and O–H groups in total. The Hall–Kier alpha value is -0.860. The van der Waals surface area contributed by atoms with Gasteiger partial charge in [0.15, 0.2) is 0 Å². The lowest BCUT2D eigenvalue weighted by Crippen LogP contribution is -2.16. The van der Waals surface area contributed by atoms with Crippen LogP contribution < -0.4 is 5.32 Å². The van der Waals surface area contributed by atoms with E-state index in [2.05, 4.69) is 16.9 Å². The van der Waals surface area contributed by atoms with Crippen molar-refractivity contribution < 1.29 is 0 Å². The van der Waals surface area contributed by atoms with Gasteiger partial charge in [-0.2, -0.15) is 0 Å². The van der Waals surface area contributed by atoms with E-state index >= 15 is 0 Å². The summed E-state index contributed by atoms with van der Waals surface area (Å²) in [5.74, 6) is 0. The van der Waals surface area contributed by atoms with Gasteiger partial charge in [-0.15, -0.1) is 6.58 Å². The van der Waals surface area contributed by atoms with Crippen molar-refractivity contribution in [1.29, 1.82) is 0 Å². The van der Waals surface area contributed by atoms with Crippen LogP contribution >= 0.6 is 11.6 Å². The predicted molar refractivity (Wildman–Crippen MR) is 55.9 cm³/mol. The van der Waals surface area contributed by atoms with Crippen LogP contribution in [0.1, 0.15) is 18.2 Å². The van der Waals surface area contributed by atoms with E-state index in [1.807, 2.05) is 19.2 Å². The Morgan fingerprint density at radius 1 is 1.77 bits per heavy atom. The van der Waals surface area contributed by atoms with Gasteiger partial charge in [0.05, 0.1) is 11.7 Å². The topological polar surface area (TPSA) is 24.9 Å². The standard InChI is InChI=1S/C10H13ClN2/c1-3-4-9(12-2)10-7-8(11)5-6-13-10/h3,5-7,9,12H,1,4H2,2H3/t9-/m0/s1. The molecule has 0 amide bonds. The third-order valence-electron chi connectivity index (χ3n) is 1.85. The van der Waals surface area contributed by atoms with Crippen LogP contribution in [0.25, 0.3) is 0 Å². The van der Waals surface area contributed by atoms with Gasteiger partial charge in [-0.05, 0) is 25.6 Å². The van der Waals surface area contributed by atoms with Gasteiger partial charge in [-0.25, -0.2) is 0 Å². The van der Waals surface area contributed by atoms with Crippen molar-refractivity contribution in [2.45, 2.75) is 12.5 Å². The van der Waals surface area contributed by atoms with E-state index in [0.717, 1.165) is 12.1 Å². The second-order valence-electron chi connectivity index (χ2n) is 2.76. The highest BCUT2D eigenvalue weighted by Crippen LogP contribution is 2.17. The van der Waals surface area contributed by atoms with Crippen LogP contribution in [0.2, 0.25) is 5.02 Å². The summed E-state index contributed by atoms with van der Waals surface area (Å²) < 4.78 is 0. The fraction of sp³-hybridized carbons (Fsp3) is 0.300. The third kappa shape index (κ3) is 2.83. The van der Waals surface area contributed by atoms with Gasteiger partial charge in [0, 0.05) is 11.2 Å². The van der Waals surface area contributed by atoms with Crippen LogP contribution in [0.5, 0.6) is 0 Å². The molecule has 0 radical (unpaired) electrons. The number of pyridine rings is 1. The molecular formula is C10H13ClN2. The molecular weight excluding hydrogens is 184 g/mol. The zero-order chi connectivity index (χ0) is 9.68. The Balaban J connectivity index is 2.84. The molecule has 1 atom stereocenters. The molecule has 0 aromatic carbocycles. The summed E-state index contributed by atoms with van der Waals surface area (Å²) in [5.41, 5.74) is 0.954. The lowest BCUT2D eigenvalue weighted by atomic mass is 10.1. The first-order valence-corrected chi connectivity index (χ1v) is 4.55. The smallest absolute Gasteiger partial charge is 0.0591 e. The molecule has 0 bridgehead atoms. The average Bonchev–Trinajstić information content (AvgIpc) is 2.14. The SMILES string of the molecule is C=CC[C@H](NC)c1cc(Cl)ccn1. The molecule has 70 valence electrons. The average molecular weight is 197 g/mol. The summed E-state index contributed by atoms with van der Waals surface area (Å²) in [6.45, 7) is 3.70. The summed E-state index contributed by atoms with van der Waals surface area (Å²) in [7, 11) is 1.90. The Kier molecular flexibility index (Phi) is 3.93. The van der Waals surface area contributed by atoms with Crippen molar-refractivity contribution in [1.82, 2.24) is 10.3 Å². The van der Waals surface area contributed by atoms with E-state index < -0.39 is 0 Å². The molecule has 1 rings (SSSR count). The number of halogens is 1. The largest absolute Gasteiger partial charge is 0.311 e. The van der Waals surface area contributed by atoms with E-state index in [1.54, 1.807) is 12.3 Å². The number of nitrogens with one attached hydrogen (secondary N) is 1. The van der Waals surface area contributed by atoms with Crippen molar-refractivity contribution in [3.63, 3.8) is 0 Å². The molecule has 0 aliphatic carbocycles. The van der Waals surface area contributed by atoms with Gasteiger partial charge in [0.2, 0.25) is 0 Å². The maximum atomic E-state index is 5.85. The second kappa shape index (κ2) is 5.00. The van der Waals surface area contributed by atoms with Gasteiger partial charge < -0.3 is 5.32 Å². The van der Waals surface area contributed by atoms with E-state index in [1.165, 1.54) is 0 Å². The van der Waals surface area contributed by atoms with E-state index in [-0.39, 0.29) is 6.04 Å². The van der Waals surface area contributed by atoms with Gasteiger partial charge in [0.25, 0.3) is 0 Å². The maximum Gasteiger partial charge on any atom is 0.0591 e. The predicted octanol–water partition coefficient (Wildman–Crippen LogP) is 2.57. The quantitative estimate of drug-likeness (QED) is 0.749. The van der Waals surface area contributed by atoms with Crippen LogP contribution in [0, 0.1) is 0 Å². The lowest BCUT2D eigenvalue weighted by molar-refractivity contribution is 0.587. The first-order valence-electron chi connectivity index (χ1n) is 4.17. The van der Waals surface area contributed by atoms with E-state index in [9.17, 15) is 0 Å². The first kappa shape index (κ1) is 10.2. The number of hydrogen-bond acceptors (Lipinski definition) is 2. The molecule has 0 unspecified atom stereocenters. The minimum atomic E-state index is 0.205. The molecule has 0 fully saturated rings. The molecule has 0 spiro atoms. The second-order valence-corrected chi connectivity index (χ2v) is 3.20. The van der Waals surface area contributed by atoms with Gasteiger partial charge >= 0.3 is 0 Å². The fourth-order valence-electron chi connectivity index (χ4n) is 1.16. The fourth-order valence-corrected chi connectivity index (χ4v) is 1.33. The van der Waals surface area contributed by atoms with E-state index in [0.29, 0.717) is 5.02 Å². The van der Waals surface area contributed by atoms with Crippen LogP contribution in [-0.4, -0.2) is 12.0 Å². The Morgan fingerprint density at radius 2 is 2.54 bits per heavy atom. The van der Waals surface area contributed by atoms with Crippen LogP contribution in [0.3, 0.4) is 0 Å². The molecule has 2 nitrogen and oxygen atoms in total. The molecule has 0 aliphatic heterocycles. The molecule has 1 heterocycles. The van der Waals surface area contributed by atoms with Crippen molar-refractivity contribution >= 4 is 11.6 Å². The minimum absolute atomic E-state index is 0.205. The molecule has 0 aliphatic rings. The highest BCUT2D eigenvalue weighted by molar-refractivity contribution is 6.30. The van der Waals surface area contributed by atoms with Gasteiger partial charge in [-0.1, -0.05) is 17.7 Å². The number of aromatic nitrogens is 1. The highest BCUT2D eigenvalue weighted by atomic mass is 35.5. The number of hydrogen-bond donors (Lipinski definition) is 1. The van der Waals surface area contributed by atoms with Crippen molar-refractivity contribution in [2.24, 2.45) is 0 Å². The normalized spacial score (nSPS) is 12.5. The van der Waals surface area contributed by atoms with Crippen LogP contribution in [-0.2, 0) is 0 Å². The summed E-state index contributed by atoms with van der Waals surface area (Å²) in [5, 5.41) is 3.87. The molecule has 1 aromatic rings. The summed E-state index contributed by atoms with van der Waals surface area (Å²) in [6, 6.07) is 3.84. The molecule has 1 aromatic heterocycles. The summed E-state index contributed by atoms with van der Waals surface area (Å²) >= 11 is 5.85. The zero-order valence-corrected chi connectivity index (χ0v) is 8.38. The third-order valence-corrected chi connectivity index (χ3v) is 2.09. The monoisotopic (exact) mass is 196 g/mol. The molecule has 0 saturated heterocycles. The van der Waals surface area contributed by atoms with Crippen LogP contribution in [0.15, 0.2) is 31.0 Å². The zero-order valence-electron chi connectivity index (χ0n) is 7.63. The molecule has 13 heavy (non-hydrogen) atoms. The number of nitrogens with zero attached hydrogens (tertiary/aromatic N) is 1. The molecule has 3 heteroatoms. The highest BCUT2D eigenvalue weighted by Gasteiger charge is 2.08. The van der Waals surface area contributed by atoms with Gasteiger partial charge in [0.1, 0.15) is 0 Å². The first-order chi connectivity index (χ1) is 6.27.